The molecule has 15 heavy (non-hydrogen) atoms. The molecule has 7 heteroatoms. The Balaban J connectivity index is 2.24. The highest BCUT2D eigenvalue weighted by Gasteiger charge is 2.05. The first kappa shape index (κ1) is 9.94. The molecule has 0 unspecified atom stereocenters. The molecular formula is C8H9N5OS. The Morgan fingerprint density at radius 2 is 2.33 bits per heavy atom. The number of oxazole rings is 1. The van der Waals surface area contributed by atoms with Crippen molar-refractivity contribution in [3.05, 3.63) is 24.4 Å². The zero-order chi connectivity index (χ0) is 10.7. The first-order chi connectivity index (χ1) is 7.28. The van der Waals surface area contributed by atoms with Gasteiger partial charge >= 0.3 is 0 Å². The standard InChI is InChI=1S/C8H9N5OS/c1-5-11-6(13-9)4-7(12-5)15-8-10-2-3-14-8/h2-4H,9H2,1H3,(H,11,12,13). The normalized spacial score (nSPS) is 10.3. The summed E-state index contributed by atoms with van der Waals surface area (Å²) in [4.78, 5) is 12.3. The number of aromatic nitrogens is 3. The summed E-state index contributed by atoms with van der Waals surface area (Å²) in [7, 11) is 0. The number of nitrogen functional groups attached to an aromatic ring is 1. The van der Waals surface area contributed by atoms with E-state index in [0.29, 0.717) is 16.9 Å². The van der Waals surface area contributed by atoms with Gasteiger partial charge in [0.2, 0.25) is 0 Å². The fourth-order valence-electron chi connectivity index (χ4n) is 1.02. The molecule has 0 atom stereocenters. The molecule has 2 rings (SSSR count). The van der Waals surface area contributed by atoms with E-state index in [1.807, 2.05) is 0 Å². The Hall–Kier alpha value is -1.60. The highest BCUT2D eigenvalue weighted by atomic mass is 32.2. The van der Waals surface area contributed by atoms with Gasteiger partial charge in [0.15, 0.2) is 0 Å². The number of hydrazine groups is 1. The van der Waals surface area contributed by atoms with Crippen molar-refractivity contribution in [1.29, 1.82) is 0 Å². The fraction of sp³-hybridized carbons (Fsp3) is 0.125. The molecule has 0 fully saturated rings. The number of aryl methyl sites for hydroxylation is 1. The number of hydrogen-bond donors (Lipinski definition) is 2. The minimum atomic E-state index is 0.538. The van der Waals surface area contributed by atoms with Gasteiger partial charge in [-0.2, -0.15) is 0 Å². The summed E-state index contributed by atoms with van der Waals surface area (Å²) in [5.41, 5.74) is 2.47. The van der Waals surface area contributed by atoms with Crippen molar-refractivity contribution in [3.8, 4) is 0 Å². The fourth-order valence-corrected chi connectivity index (χ4v) is 1.76. The van der Waals surface area contributed by atoms with Gasteiger partial charge in [-0.05, 0) is 18.7 Å². The van der Waals surface area contributed by atoms with Crippen molar-refractivity contribution in [2.45, 2.75) is 17.2 Å². The summed E-state index contributed by atoms with van der Waals surface area (Å²) in [5.74, 6) is 6.48. The minimum absolute atomic E-state index is 0.538. The van der Waals surface area contributed by atoms with Crippen LogP contribution in [0.25, 0.3) is 0 Å². The van der Waals surface area contributed by atoms with Gasteiger partial charge in [-0.15, -0.1) is 0 Å². The molecule has 0 amide bonds. The topological polar surface area (TPSA) is 89.9 Å². The summed E-state index contributed by atoms with van der Waals surface area (Å²) >= 11 is 1.31. The third-order valence-corrected chi connectivity index (χ3v) is 2.36. The molecule has 78 valence electrons. The molecule has 0 aliphatic heterocycles. The molecule has 0 radical (unpaired) electrons. The minimum Gasteiger partial charge on any atom is -0.440 e. The third kappa shape index (κ3) is 2.45. The van der Waals surface area contributed by atoms with Crippen LogP contribution < -0.4 is 11.3 Å². The molecule has 0 aliphatic rings. The van der Waals surface area contributed by atoms with Gasteiger partial charge in [-0.3, -0.25) is 0 Å². The van der Waals surface area contributed by atoms with Crippen LogP contribution in [0.1, 0.15) is 5.82 Å². The number of hydrogen-bond acceptors (Lipinski definition) is 7. The average Bonchev–Trinajstić information content (AvgIpc) is 2.69. The van der Waals surface area contributed by atoms with E-state index in [1.54, 1.807) is 19.2 Å². The Labute approximate surface area is 90.3 Å². The van der Waals surface area contributed by atoms with Gasteiger partial charge in [0.05, 0.1) is 6.20 Å². The number of nitrogens with two attached hydrogens (primary N) is 1. The monoisotopic (exact) mass is 223 g/mol. The smallest absolute Gasteiger partial charge is 0.261 e. The number of anilines is 1. The predicted molar refractivity (Wildman–Crippen MR) is 55.2 cm³/mol. The summed E-state index contributed by atoms with van der Waals surface area (Å²) in [6.07, 6.45) is 3.09. The quantitative estimate of drug-likeness (QED) is 0.459. The highest BCUT2D eigenvalue weighted by Crippen LogP contribution is 2.25. The first-order valence-corrected chi connectivity index (χ1v) is 4.99. The van der Waals surface area contributed by atoms with Crippen molar-refractivity contribution < 1.29 is 4.42 Å². The van der Waals surface area contributed by atoms with E-state index in [-0.39, 0.29) is 0 Å². The van der Waals surface area contributed by atoms with E-state index in [9.17, 15) is 0 Å². The number of nitrogens with zero attached hydrogens (tertiary/aromatic N) is 3. The maximum absolute atomic E-state index is 5.27. The highest BCUT2D eigenvalue weighted by molar-refractivity contribution is 7.99. The van der Waals surface area contributed by atoms with E-state index >= 15 is 0 Å². The van der Waals surface area contributed by atoms with Crippen LogP contribution in [0.4, 0.5) is 5.82 Å². The van der Waals surface area contributed by atoms with Crippen LogP contribution >= 0.6 is 11.8 Å². The van der Waals surface area contributed by atoms with Crippen LogP contribution in [0.3, 0.4) is 0 Å². The van der Waals surface area contributed by atoms with Crippen molar-refractivity contribution >= 4 is 17.6 Å². The largest absolute Gasteiger partial charge is 0.440 e. The molecule has 0 spiro atoms. The van der Waals surface area contributed by atoms with Gasteiger partial charge in [-0.25, -0.2) is 20.8 Å². The van der Waals surface area contributed by atoms with Crippen LogP contribution in [0, 0.1) is 6.92 Å². The molecular weight excluding hydrogens is 214 g/mol. The molecule has 0 saturated heterocycles. The molecule has 0 saturated carbocycles. The number of rotatable bonds is 3. The second-order valence-electron chi connectivity index (χ2n) is 2.68. The van der Waals surface area contributed by atoms with E-state index in [4.69, 9.17) is 10.3 Å². The second-order valence-corrected chi connectivity index (χ2v) is 3.65. The Bertz CT molecular complexity index is 444. The maximum Gasteiger partial charge on any atom is 0.261 e. The number of nitrogens with one attached hydrogen (secondary N) is 1. The molecule has 3 N–H and O–H groups in total. The van der Waals surface area contributed by atoms with Crippen LogP contribution in [0.5, 0.6) is 0 Å². The second kappa shape index (κ2) is 4.28. The SMILES string of the molecule is Cc1nc(NN)cc(Sc2ncco2)n1. The molecule has 2 aromatic rings. The van der Waals surface area contributed by atoms with Crippen LogP contribution in [0.15, 0.2) is 33.2 Å². The van der Waals surface area contributed by atoms with Gasteiger partial charge in [0.1, 0.15) is 22.9 Å². The van der Waals surface area contributed by atoms with Crippen molar-refractivity contribution in [1.82, 2.24) is 15.0 Å². The van der Waals surface area contributed by atoms with Gasteiger partial charge < -0.3 is 9.84 Å². The van der Waals surface area contributed by atoms with Gasteiger partial charge in [0.25, 0.3) is 5.22 Å². The summed E-state index contributed by atoms with van der Waals surface area (Å²) in [6.45, 7) is 1.79. The lowest BCUT2D eigenvalue weighted by Gasteiger charge is -2.02. The van der Waals surface area contributed by atoms with Gasteiger partial charge in [-0.1, -0.05) is 0 Å². The summed E-state index contributed by atoms with van der Waals surface area (Å²) < 4.78 is 5.09. The molecule has 0 aromatic carbocycles. The Kier molecular flexibility index (Phi) is 2.84. The molecule has 2 heterocycles. The van der Waals surface area contributed by atoms with E-state index in [2.05, 4.69) is 20.4 Å². The Morgan fingerprint density at radius 3 is 3.00 bits per heavy atom. The molecule has 0 bridgehead atoms. The lowest BCUT2D eigenvalue weighted by atomic mass is 10.5. The average molecular weight is 223 g/mol. The maximum atomic E-state index is 5.27. The molecule has 2 aromatic heterocycles. The van der Waals surface area contributed by atoms with Gasteiger partial charge in [0, 0.05) is 6.07 Å². The van der Waals surface area contributed by atoms with Crippen LogP contribution in [-0.4, -0.2) is 15.0 Å². The molecule has 0 aliphatic carbocycles. The predicted octanol–water partition coefficient (Wildman–Crippen LogP) is 1.21. The van der Waals surface area contributed by atoms with Crippen molar-refractivity contribution in [2.24, 2.45) is 5.84 Å². The van der Waals surface area contributed by atoms with E-state index < -0.39 is 0 Å². The zero-order valence-corrected chi connectivity index (χ0v) is 8.78. The lowest BCUT2D eigenvalue weighted by Crippen LogP contribution is -2.09. The lowest BCUT2D eigenvalue weighted by molar-refractivity contribution is 0.454. The molecule has 6 nitrogen and oxygen atoms in total. The summed E-state index contributed by atoms with van der Waals surface area (Å²) in [5, 5.41) is 1.27. The third-order valence-electron chi connectivity index (χ3n) is 1.56. The van der Waals surface area contributed by atoms with E-state index in [1.165, 1.54) is 18.0 Å². The Morgan fingerprint density at radius 1 is 1.47 bits per heavy atom. The van der Waals surface area contributed by atoms with E-state index in [0.717, 1.165) is 5.03 Å². The van der Waals surface area contributed by atoms with Crippen molar-refractivity contribution in [2.75, 3.05) is 5.43 Å². The van der Waals surface area contributed by atoms with Crippen molar-refractivity contribution in [3.63, 3.8) is 0 Å². The zero-order valence-electron chi connectivity index (χ0n) is 7.97. The van der Waals surface area contributed by atoms with Crippen LogP contribution in [-0.2, 0) is 0 Å². The first-order valence-electron chi connectivity index (χ1n) is 4.17. The summed E-state index contributed by atoms with van der Waals surface area (Å²) in [6, 6.07) is 1.72. The van der Waals surface area contributed by atoms with Crippen LogP contribution in [0.2, 0.25) is 0 Å².